The highest BCUT2D eigenvalue weighted by molar-refractivity contribution is 7.85. The van der Waals surface area contributed by atoms with E-state index in [1.54, 1.807) is 6.07 Å². The average Bonchev–Trinajstić information content (AvgIpc) is 2.66. The van der Waals surface area contributed by atoms with Crippen LogP contribution in [0.2, 0.25) is 5.02 Å². The number of rotatable bonds is 18. The molecule has 0 aromatic heterocycles. The Hall–Kier alpha value is -0.580. The maximum absolute atomic E-state index is 11.4. The number of aryl methyl sites for hydroxylation is 1. The monoisotopic (exact) mass is 444 g/mol. The van der Waals surface area contributed by atoms with Crippen molar-refractivity contribution in [1.29, 1.82) is 0 Å². The summed E-state index contributed by atoms with van der Waals surface area (Å²) in [7, 11) is -4.18. The minimum absolute atomic E-state index is 0.0112. The third kappa shape index (κ3) is 13.4. The lowest BCUT2D eigenvalue weighted by Crippen LogP contribution is -2.03. The number of unbranched alkanes of at least 4 members (excludes halogenated alkanes) is 15. The van der Waals surface area contributed by atoms with E-state index in [-0.39, 0.29) is 4.90 Å². The van der Waals surface area contributed by atoms with E-state index in [9.17, 15) is 13.0 Å². The molecule has 0 heterocycles. The zero-order valence-corrected chi connectivity index (χ0v) is 19.9. The van der Waals surface area contributed by atoms with E-state index >= 15 is 0 Å². The maximum Gasteiger partial charge on any atom is 0.294 e. The second kappa shape index (κ2) is 16.2. The average molecular weight is 445 g/mol. The van der Waals surface area contributed by atoms with Gasteiger partial charge in [-0.3, -0.25) is 4.55 Å². The molecule has 0 atom stereocenters. The van der Waals surface area contributed by atoms with Crippen molar-refractivity contribution in [1.82, 2.24) is 0 Å². The van der Waals surface area contributed by atoms with E-state index < -0.39 is 10.1 Å². The van der Waals surface area contributed by atoms with Gasteiger partial charge in [-0.05, 0) is 36.6 Å². The molecule has 1 aromatic rings. The fourth-order valence-electron chi connectivity index (χ4n) is 3.86. The fraction of sp³-hybridized carbons (Fsp3) is 0.750. The molecule has 0 saturated heterocycles. The Morgan fingerprint density at radius 3 is 1.55 bits per heavy atom. The molecule has 0 aliphatic rings. The summed E-state index contributed by atoms with van der Waals surface area (Å²) in [6, 6.07) is 4.54. The van der Waals surface area contributed by atoms with Gasteiger partial charge in [-0.2, -0.15) is 8.42 Å². The van der Waals surface area contributed by atoms with Crippen LogP contribution in [-0.2, 0) is 16.5 Å². The third-order valence-corrected chi connectivity index (χ3v) is 6.79. The maximum atomic E-state index is 11.4. The van der Waals surface area contributed by atoms with E-state index in [1.165, 1.54) is 102 Å². The summed E-state index contributed by atoms with van der Waals surface area (Å²) in [4.78, 5) is -0.0112. The van der Waals surface area contributed by atoms with Gasteiger partial charge in [0.2, 0.25) is 0 Å². The summed E-state index contributed by atoms with van der Waals surface area (Å²) in [5.41, 5.74) is 0.616. The molecule has 29 heavy (non-hydrogen) atoms. The molecule has 1 aromatic carbocycles. The SMILES string of the molecule is CCCCCCCCCCCCCCCCCCc1cc(Cl)ccc1S(=O)(=O)O. The molecule has 0 radical (unpaired) electrons. The molecule has 0 aliphatic carbocycles. The molecular weight excluding hydrogens is 404 g/mol. The molecule has 0 fully saturated rings. The largest absolute Gasteiger partial charge is 0.294 e. The Kier molecular flexibility index (Phi) is 14.7. The van der Waals surface area contributed by atoms with Gasteiger partial charge in [-0.25, -0.2) is 0 Å². The molecule has 5 heteroatoms. The summed E-state index contributed by atoms with van der Waals surface area (Å²) in [6.07, 6.45) is 21.6. The lowest BCUT2D eigenvalue weighted by molar-refractivity contribution is 0.481. The highest BCUT2D eigenvalue weighted by Crippen LogP contribution is 2.23. The summed E-state index contributed by atoms with van der Waals surface area (Å²) >= 11 is 5.97. The molecular formula is C24H41ClO3S. The topological polar surface area (TPSA) is 54.4 Å². The smallest absolute Gasteiger partial charge is 0.282 e. The van der Waals surface area contributed by atoms with Crippen molar-refractivity contribution in [3.8, 4) is 0 Å². The molecule has 1 rings (SSSR count). The fourth-order valence-corrected chi connectivity index (χ4v) is 4.79. The van der Waals surface area contributed by atoms with Crippen LogP contribution in [0.3, 0.4) is 0 Å². The Morgan fingerprint density at radius 1 is 0.724 bits per heavy atom. The number of benzene rings is 1. The van der Waals surface area contributed by atoms with Crippen molar-refractivity contribution in [3.05, 3.63) is 28.8 Å². The zero-order valence-electron chi connectivity index (χ0n) is 18.3. The van der Waals surface area contributed by atoms with Crippen LogP contribution in [0.25, 0.3) is 0 Å². The van der Waals surface area contributed by atoms with Crippen LogP contribution in [0.4, 0.5) is 0 Å². The Bertz CT molecular complexity index is 644. The van der Waals surface area contributed by atoms with Gasteiger partial charge in [0, 0.05) is 5.02 Å². The van der Waals surface area contributed by atoms with Crippen molar-refractivity contribution < 1.29 is 13.0 Å². The normalized spacial score (nSPS) is 11.8. The quantitative estimate of drug-likeness (QED) is 0.182. The molecule has 168 valence electrons. The minimum atomic E-state index is -4.18. The summed E-state index contributed by atoms with van der Waals surface area (Å²) in [6.45, 7) is 2.27. The van der Waals surface area contributed by atoms with E-state index in [0.29, 0.717) is 17.0 Å². The Morgan fingerprint density at radius 2 is 1.14 bits per heavy atom. The molecule has 1 N–H and O–H groups in total. The summed E-state index contributed by atoms with van der Waals surface area (Å²) in [5, 5.41) is 0.504. The van der Waals surface area contributed by atoms with Crippen molar-refractivity contribution in [2.75, 3.05) is 0 Å². The van der Waals surface area contributed by atoms with Crippen LogP contribution in [0.5, 0.6) is 0 Å². The Balaban J connectivity index is 1.98. The summed E-state index contributed by atoms with van der Waals surface area (Å²) in [5.74, 6) is 0. The van der Waals surface area contributed by atoms with Crippen LogP contribution in [0, 0.1) is 0 Å². The first-order valence-electron chi connectivity index (χ1n) is 11.7. The highest BCUT2D eigenvalue weighted by Gasteiger charge is 2.15. The van der Waals surface area contributed by atoms with Gasteiger partial charge in [0.25, 0.3) is 10.1 Å². The van der Waals surface area contributed by atoms with Crippen LogP contribution in [-0.4, -0.2) is 13.0 Å². The second-order valence-electron chi connectivity index (χ2n) is 8.28. The minimum Gasteiger partial charge on any atom is -0.282 e. The number of hydrogen-bond donors (Lipinski definition) is 1. The van der Waals surface area contributed by atoms with Gasteiger partial charge < -0.3 is 0 Å². The Labute approximate surface area is 184 Å². The van der Waals surface area contributed by atoms with Gasteiger partial charge in [0.1, 0.15) is 0 Å². The molecule has 0 aliphatic heterocycles. The lowest BCUT2D eigenvalue weighted by Gasteiger charge is -2.08. The van der Waals surface area contributed by atoms with Gasteiger partial charge in [-0.15, -0.1) is 0 Å². The van der Waals surface area contributed by atoms with Crippen molar-refractivity contribution in [3.63, 3.8) is 0 Å². The number of hydrogen-bond acceptors (Lipinski definition) is 2. The second-order valence-corrected chi connectivity index (χ2v) is 10.1. The molecule has 0 unspecified atom stereocenters. The summed E-state index contributed by atoms with van der Waals surface area (Å²) < 4.78 is 32.2. The van der Waals surface area contributed by atoms with Crippen LogP contribution < -0.4 is 0 Å². The molecule has 0 bridgehead atoms. The van der Waals surface area contributed by atoms with Crippen molar-refractivity contribution >= 4 is 21.7 Å². The first kappa shape index (κ1) is 26.5. The molecule has 0 spiro atoms. The van der Waals surface area contributed by atoms with E-state index in [0.717, 1.165) is 12.8 Å². The van der Waals surface area contributed by atoms with Gasteiger partial charge >= 0.3 is 0 Å². The van der Waals surface area contributed by atoms with Gasteiger partial charge in [0.05, 0.1) is 4.90 Å². The van der Waals surface area contributed by atoms with E-state index in [4.69, 9.17) is 11.6 Å². The standard InChI is InChI=1S/C24H41ClO3S/c1-2-3-4-5-6-7-8-9-10-11-12-13-14-15-16-17-18-22-21-23(25)19-20-24(22)29(26,27)28/h19-21H,2-18H2,1H3,(H,26,27,28). The zero-order chi connectivity index (χ0) is 21.4. The van der Waals surface area contributed by atoms with Gasteiger partial charge in [-0.1, -0.05) is 115 Å². The first-order chi connectivity index (χ1) is 13.9. The third-order valence-electron chi connectivity index (χ3n) is 5.60. The predicted octanol–water partition coefficient (Wildman–Crippen LogP) is 8.39. The van der Waals surface area contributed by atoms with Crippen LogP contribution in [0.15, 0.2) is 23.1 Å². The number of halogens is 1. The van der Waals surface area contributed by atoms with Crippen LogP contribution >= 0.6 is 11.6 Å². The predicted molar refractivity (Wildman–Crippen MR) is 125 cm³/mol. The van der Waals surface area contributed by atoms with E-state index in [1.807, 2.05) is 0 Å². The van der Waals surface area contributed by atoms with Gasteiger partial charge in [0.15, 0.2) is 0 Å². The molecule has 3 nitrogen and oxygen atoms in total. The van der Waals surface area contributed by atoms with Crippen molar-refractivity contribution in [2.45, 2.75) is 121 Å². The highest BCUT2D eigenvalue weighted by atomic mass is 35.5. The lowest BCUT2D eigenvalue weighted by atomic mass is 10.0. The molecule has 0 saturated carbocycles. The van der Waals surface area contributed by atoms with E-state index in [2.05, 4.69) is 6.92 Å². The first-order valence-corrected chi connectivity index (χ1v) is 13.5. The molecule has 0 amide bonds. The van der Waals surface area contributed by atoms with Crippen molar-refractivity contribution in [2.24, 2.45) is 0 Å². The van der Waals surface area contributed by atoms with Crippen LogP contribution in [0.1, 0.15) is 115 Å².